The SMILES string of the molecule is COc1ccc(OC)c(S(=O)(=O)NCC(=O)OCC(=O)NCC(F)(F)F)c1. The first kappa shape index (κ1) is 22.5. The highest BCUT2D eigenvalue weighted by Crippen LogP contribution is 2.27. The number of rotatable bonds is 9. The lowest BCUT2D eigenvalue weighted by atomic mass is 10.3. The summed E-state index contributed by atoms with van der Waals surface area (Å²) in [5, 5.41) is 1.49. The van der Waals surface area contributed by atoms with Gasteiger partial charge in [-0.2, -0.15) is 17.9 Å². The highest BCUT2D eigenvalue weighted by atomic mass is 32.2. The number of hydrogen-bond acceptors (Lipinski definition) is 7. The van der Waals surface area contributed by atoms with E-state index in [1.165, 1.54) is 31.7 Å². The van der Waals surface area contributed by atoms with Gasteiger partial charge in [0.05, 0.1) is 14.2 Å². The van der Waals surface area contributed by atoms with Crippen LogP contribution in [0.15, 0.2) is 23.1 Å². The first-order valence-corrected chi connectivity index (χ1v) is 8.67. The van der Waals surface area contributed by atoms with Gasteiger partial charge in [-0.3, -0.25) is 9.59 Å². The van der Waals surface area contributed by atoms with E-state index in [0.29, 0.717) is 0 Å². The number of benzene rings is 1. The topological polar surface area (TPSA) is 120 Å². The van der Waals surface area contributed by atoms with Crippen LogP contribution in [0.5, 0.6) is 11.5 Å². The summed E-state index contributed by atoms with van der Waals surface area (Å²) in [7, 11) is -1.63. The molecule has 27 heavy (non-hydrogen) atoms. The molecule has 0 unspecified atom stereocenters. The van der Waals surface area contributed by atoms with Gasteiger partial charge in [0.1, 0.15) is 29.5 Å². The first-order chi connectivity index (χ1) is 12.5. The summed E-state index contributed by atoms with van der Waals surface area (Å²) in [6.45, 7) is -3.42. The van der Waals surface area contributed by atoms with Crippen molar-refractivity contribution in [1.29, 1.82) is 0 Å². The Morgan fingerprint density at radius 1 is 1.15 bits per heavy atom. The number of carbonyl (C=O) groups is 2. The molecule has 1 amide bonds. The average Bonchev–Trinajstić information content (AvgIpc) is 2.61. The van der Waals surface area contributed by atoms with Gasteiger partial charge in [0.25, 0.3) is 5.91 Å². The van der Waals surface area contributed by atoms with Gasteiger partial charge in [-0.15, -0.1) is 0 Å². The third-order valence-corrected chi connectivity index (χ3v) is 4.34. The van der Waals surface area contributed by atoms with Crippen LogP contribution in [0.3, 0.4) is 0 Å². The van der Waals surface area contributed by atoms with Gasteiger partial charge in [0.15, 0.2) is 6.61 Å². The number of alkyl halides is 3. The zero-order chi connectivity index (χ0) is 20.7. The molecule has 2 N–H and O–H groups in total. The Morgan fingerprint density at radius 3 is 2.37 bits per heavy atom. The van der Waals surface area contributed by atoms with E-state index in [1.807, 2.05) is 4.72 Å². The van der Waals surface area contributed by atoms with Gasteiger partial charge in [0.2, 0.25) is 10.0 Å². The Morgan fingerprint density at radius 2 is 1.81 bits per heavy atom. The first-order valence-electron chi connectivity index (χ1n) is 7.19. The number of esters is 1. The van der Waals surface area contributed by atoms with E-state index in [2.05, 4.69) is 4.74 Å². The predicted octanol–water partition coefficient (Wildman–Crippen LogP) is 0.204. The fourth-order valence-corrected chi connectivity index (χ4v) is 2.82. The summed E-state index contributed by atoms with van der Waals surface area (Å²) >= 11 is 0. The van der Waals surface area contributed by atoms with Crippen LogP contribution < -0.4 is 19.5 Å². The molecule has 0 fully saturated rings. The number of hydrogen-bond donors (Lipinski definition) is 2. The molecule has 0 aliphatic carbocycles. The molecular weight excluding hydrogens is 397 g/mol. The minimum Gasteiger partial charge on any atom is -0.497 e. The Kier molecular flexibility index (Phi) is 7.84. The lowest BCUT2D eigenvalue weighted by Gasteiger charge is -2.12. The van der Waals surface area contributed by atoms with Crippen LogP contribution in [-0.4, -0.2) is 60.4 Å². The Hall–Kier alpha value is -2.54. The quantitative estimate of drug-likeness (QED) is 0.554. The lowest BCUT2D eigenvalue weighted by Crippen LogP contribution is -2.37. The molecule has 0 radical (unpaired) electrons. The van der Waals surface area contributed by atoms with E-state index in [-0.39, 0.29) is 16.4 Å². The molecule has 13 heteroatoms. The molecular formula is C14H17F3N2O7S. The minimum atomic E-state index is -4.61. The van der Waals surface area contributed by atoms with Crippen molar-refractivity contribution in [2.45, 2.75) is 11.1 Å². The van der Waals surface area contributed by atoms with Crippen LogP contribution in [0.2, 0.25) is 0 Å². The summed E-state index contributed by atoms with van der Waals surface area (Å²) in [5.41, 5.74) is 0. The fourth-order valence-electron chi connectivity index (χ4n) is 1.67. The molecule has 1 aromatic rings. The number of amides is 1. The molecule has 1 rings (SSSR count). The molecule has 0 aliphatic heterocycles. The predicted molar refractivity (Wildman–Crippen MR) is 84.8 cm³/mol. The largest absolute Gasteiger partial charge is 0.497 e. The summed E-state index contributed by atoms with van der Waals surface area (Å²) in [6.07, 6.45) is -4.61. The highest BCUT2D eigenvalue weighted by Gasteiger charge is 2.28. The molecule has 0 saturated heterocycles. The zero-order valence-corrected chi connectivity index (χ0v) is 15.1. The average molecular weight is 414 g/mol. The maximum absolute atomic E-state index is 12.3. The van der Waals surface area contributed by atoms with E-state index in [0.717, 1.165) is 6.07 Å². The van der Waals surface area contributed by atoms with Crippen LogP contribution in [0.4, 0.5) is 13.2 Å². The van der Waals surface area contributed by atoms with Gasteiger partial charge in [-0.1, -0.05) is 0 Å². The minimum absolute atomic E-state index is 0.0109. The van der Waals surface area contributed by atoms with E-state index < -0.39 is 47.8 Å². The number of methoxy groups -OCH3 is 2. The van der Waals surface area contributed by atoms with Crippen LogP contribution >= 0.6 is 0 Å². The summed E-state index contributed by atoms with van der Waals surface area (Å²) < 4.78 is 76.5. The number of halogens is 3. The van der Waals surface area contributed by atoms with Crippen molar-refractivity contribution >= 4 is 21.9 Å². The second-order valence-corrected chi connectivity index (χ2v) is 6.63. The Bertz CT molecular complexity index is 781. The lowest BCUT2D eigenvalue weighted by molar-refractivity contribution is -0.150. The smallest absolute Gasteiger partial charge is 0.405 e. The maximum Gasteiger partial charge on any atom is 0.405 e. The van der Waals surface area contributed by atoms with Gasteiger partial charge < -0.3 is 19.5 Å². The van der Waals surface area contributed by atoms with Crippen LogP contribution in [0, 0.1) is 0 Å². The number of ether oxygens (including phenoxy) is 3. The normalized spacial score (nSPS) is 11.6. The monoisotopic (exact) mass is 414 g/mol. The van der Waals surface area contributed by atoms with Gasteiger partial charge >= 0.3 is 12.1 Å². The van der Waals surface area contributed by atoms with Crippen LogP contribution in [-0.2, 0) is 24.3 Å². The van der Waals surface area contributed by atoms with E-state index in [1.54, 1.807) is 0 Å². The van der Waals surface area contributed by atoms with Gasteiger partial charge in [0, 0.05) is 6.07 Å². The second-order valence-electron chi connectivity index (χ2n) is 4.89. The number of sulfonamides is 1. The molecule has 0 heterocycles. The Labute approximate surface area is 152 Å². The highest BCUT2D eigenvalue weighted by molar-refractivity contribution is 7.89. The molecule has 9 nitrogen and oxygen atoms in total. The summed E-state index contributed by atoms with van der Waals surface area (Å²) in [6, 6.07) is 3.97. The van der Waals surface area contributed by atoms with Crippen LogP contribution in [0.25, 0.3) is 0 Å². The molecule has 0 bridgehead atoms. The third kappa shape index (κ3) is 7.70. The zero-order valence-electron chi connectivity index (χ0n) is 14.3. The van der Waals surface area contributed by atoms with Crippen molar-refractivity contribution in [2.24, 2.45) is 0 Å². The van der Waals surface area contributed by atoms with Crippen molar-refractivity contribution in [3.05, 3.63) is 18.2 Å². The molecule has 0 aliphatic rings. The second kappa shape index (κ2) is 9.41. The van der Waals surface area contributed by atoms with Crippen molar-refractivity contribution in [1.82, 2.24) is 10.0 Å². The van der Waals surface area contributed by atoms with Crippen molar-refractivity contribution in [3.63, 3.8) is 0 Å². The number of carbonyl (C=O) groups excluding carboxylic acids is 2. The number of nitrogens with one attached hydrogen (secondary N) is 2. The fraction of sp³-hybridized carbons (Fsp3) is 0.429. The van der Waals surface area contributed by atoms with Gasteiger partial charge in [-0.05, 0) is 12.1 Å². The van der Waals surface area contributed by atoms with E-state index in [4.69, 9.17) is 9.47 Å². The molecule has 0 saturated carbocycles. The summed E-state index contributed by atoms with van der Waals surface area (Å²) in [5.74, 6) is -2.14. The molecule has 1 aromatic carbocycles. The third-order valence-electron chi connectivity index (χ3n) is 2.92. The molecule has 0 aromatic heterocycles. The Balaban J connectivity index is 2.61. The molecule has 0 atom stereocenters. The summed E-state index contributed by atoms with van der Waals surface area (Å²) in [4.78, 5) is 22.3. The molecule has 0 spiro atoms. The standard InChI is InChI=1S/C14H17F3N2O7S/c1-24-9-3-4-10(25-2)11(5-9)27(22,23)19-6-13(21)26-7-12(20)18-8-14(15,16)17/h3-5,19H,6-8H2,1-2H3,(H,18,20). The van der Waals surface area contributed by atoms with Crippen molar-refractivity contribution < 1.29 is 45.4 Å². The van der Waals surface area contributed by atoms with E-state index in [9.17, 15) is 31.2 Å². The molecule has 152 valence electrons. The van der Waals surface area contributed by atoms with Crippen molar-refractivity contribution in [2.75, 3.05) is 33.9 Å². The van der Waals surface area contributed by atoms with Crippen LogP contribution in [0.1, 0.15) is 0 Å². The van der Waals surface area contributed by atoms with Gasteiger partial charge in [-0.25, -0.2) is 8.42 Å². The van der Waals surface area contributed by atoms with E-state index >= 15 is 0 Å². The maximum atomic E-state index is 12.3. The van der Waals surface area contributed by atoms with Crippen molar-refractivity contribution in [3.8, 4) is 11.5 Å².